The van der Waals surface area contributed by atoms with Gasteiger partial charge >= 0.3 is 0 Å². The minimum Gasteiger partial charge on any atom is -0.396 e. The first-order valence-electron chi connectivity index (χ1n) is 7.89. The minimum absolute atomic E-state index is 0.0154. The topological polar surface area (TPSA) is 78.4 Å². The van der Waals surface area contributed by atoms with Crippen molar-refractivity contribution in [2.24, 2.45) is 5.92 Å². The molecule has 2 aromatic rings. The Morgan fingerprint density at radius 2 is 1.50 bits per heavy atom. The maximum absolute atomic E-state index is 12.2. The van der Waals surface area contributed by atoms with Crippen LogP contribution in [0.5, 0.6) is 0 Å². The second-order valence-electron chi connectivity index (χ2n) is 5.82. The number of carbonyl (C=O) groups is 2. The molecule has 0 fully saturated rings. The van der Waals surface area contributed by atoms with Crippen molar-refractivity contribution in [1.29, 1.82) is 0 Å². The SMILES string of the molecule is CC(CO)C(C)NC(=O)c1ccc(NC(=O)c2ccccc2)cc1. The molecule has 0 aliphatic rings. The zero-order valence-electron chi connectivity index (χ0n) is 13.8. The van der Waals surface area contributed by atoms with Crippen molar-refractivity contribution in [2.75, 3.05) is 11.9 Å². The fourth-order valence-electron chi connectivity index (χ4n) is 2.09. The van der Waals surface area contributed by atoms with Gasteiger partial charge in [0.15, 0.2) is 0 Å². The molecule has 2 rings (SSSR count). The van der Waals surface area contributed by atoms with Gasteiger partial charge in [-0.05, 0) is 49.2 Å². The second-order valence-corrected chi connectivity index (χ2v) is 5.82. The second kappa shape index (κ2) is 8.26. The summed E-state index contributed by atoms with van der Waals surface area (Å²) in [5.41, 5.74) is 1.70. The fourth-order valence-corrected chi connectivity index (χ4v) is 2.09. The molecule has 2 unspecified atom stereocenters. The van der Waals surface area contributed by atoms with Crippen molar-refractivity contribution in [2.45, 2.75) is 19.9 Å². The highest BCUT2D eigenvalue weighted by atomic mass is 16.3. The van der Waals surface area contributed by atoms with E-state index in [1.54, 1.807) is 48.5 Å². The summed E-state index contributed by atoms with van der Waals surface area (Å²) in [4.78, 5) is 24.2. The molecule has 0 aliphatic carbocycles. The predicted molar refractivity (Wildman–Crippen MR) is 94.0 cm³/mol. The highest BCUT2D eigenvalue weighted by molar-refractivity contribution is 6.04. The third-order valence-electron chi connectivity index (χ3n) is 3.94. The molecule has 2 aromatic carbocycles. The van der Waals surface area contributed by atoms with Crippen molar-refractivity contribution in [3.63, 3.8) is 0 Å². The molecular formula is C19H22N2O3. The Kier molecular flexibility index (Phi) is 6.09. The van der Waals surface area contributed by atoms with Gasteiger partial charge in [0.05, 0.1) is 0 Å². The van der Waals surface area contributed by atoms with Gasteiger partial charge in [0.25, 0.3) is 11.8 Å². The molecule has 0 aromatic heterocycles. The van der Waals surface area contributed by atoms with Crippen molar-refractivity contribution in [3.8, 4) is 0 Å². The van der Waals surface area contributed by atoms with Gasteiger partial charge in [-0.1, -0.05) is 25.1 Å². The lowest BCUT2D eigenvalue weighted by molar-refractivity contribution is 0.0916. The van der Waals surface area contributed by atoms with Crippen LogP contribution in [0.2, 0.25) is 0 Å². The van der Waals surface area contributed by atoms with E-state index in [4.69, 9.17) is 5.11 Å². The highest BCUT2D eigenvalue weighted by Crippen LogP contribution is 2.12. The number of benzene rings is 2. The minimum atomic E-state index is -0.205. The number of nitrogens with one attached hydrogen (secondary N) is 2. The summed E-state index contributed by atoms with van der Waals surface area (Å²) in [5.74, 6) is -0.416. The van der Waals surface area contributed by atoms with Crippen LogP contribution in [-0.4, -0.2) is 29.6 Å². The Hall–Kier alpha value is -2.66. The number of amides is 2. The summed E-state index contributed by atoms with van der Waals surface area (Å²) < 4.78 is 0. The summed E-state index contributed by atoms with van der Waals surface area (Å²) in [7, 11) is 0. The van der Waals surface area contributed by atoms with Crippen LogP contribution in [0.1, 0.15) is 34.6 Å². The average Bonchev–Trinajstić information content (AvgIpc) is 2.62. The van der Waals surface area contributed by atoms with E-state index in [0.717, 1.165) is 0 Å². The van der Waals surface area contributed by atoms with Crippen LogP contribution in [0.25, 0.3) is 0 Å². The lowest BCUT2D eigenvalue weighted by Crippen LogP contribution is -2.38. The highest BCUT2D eigenvalue weighted by Gasteiger charge is 2.15. The zero-order valence-corrected chi connectivity index (χ0v) is 13.8. The van der Waals surface area contributed by atoms with E-state index in [2.05, 4.69) is 10.6 Å². The van der Waals surface area contributed by atoms with E-state index < -0.39 is 0 Å². The monoisotopic (exact) mass is 326 g/mol. The van der Waals surface area contributed by atoms with E-state index in [1.807, 2.05) is 19.9 Å². The van der Waals surface area contributed by atoms with Gasteiger partial charge in [-0.15, -0.1) is 0 Å². The van der Waals surface area contributed by atoms with Crippen LogP contribution < -0.4 is 10.6 Å². The first kappa shape index (κ1) is 17.7. The lowest BCUT2D eigenvalue weighted by atomic mass is 10.0. The molecule has 0 saturated heterocycles. The fraction of sp³-hybridized carbons (Fsp3) is 0.263. The quantitative estimate of drug-likeness (QED) is 0.764. The Labute approximate surface area is 141 Å². The summed E-state index contributed by atoms with van der Waals surface area (Å²) in [6, 6.07) is 15.5. The van der Waals surface area contributed by atoms with Gasteiger partial charge in [0.1, 0.15) is 0 Å². The molecule has 24 heavy (non-hydrogen) atoms. The molecule has 0 heterocycles. The number of hydrogen-bond acceptors (Lipinski definition) is 3. The molecule has 5 nitrogen and oxygen atoms in total. The third-order valence-corrected chi connectivity index (χ3v) is 3.94. The molecule has 5 heteroatoms. The van der Waals surface area contributed by atoms with Gasteiger partial charge in [-0.3, -0.25) is 9.59 Å². The van der Waals surface area contributed by atoms with Gasteiger partial charge in [0.2, 0.25) is 0 Å². The first-order valence-corrected chi connectivity index (χ1v) is 7.89. The molecule has 2 atom stereocenters. The molecule has 0 bridgehead atoms. The standard InChI is InChI=1S/C19H22N2O3/c1-13(12-22)14(2)20-18(23)16-8-10-17(11-9-16)21-19(24)15-6-4-3-5-7-15/h3-11,13-14,22H,12H2,1-2H3,(H,20,23)(H,21,24). The Morgan fingerprint density at radius 3 is 2.08 bits per heavy atom. The van der Waals surface area contributed by atoms with Gasteiger partial charge in [-0.25, -0.2) is 0 Å². The van der Waals surface area contributed by atoms with Gasteiger partial charge in [0, 0.05) is 29.5 Å². The largest absolute Gasteiger partial charge is 0.396 e. The molecular weight excluding hydrogens is 304 g/mol. The van der Waals surface area contributed by atoms with E-state index >= 15 is 0 Å². The number of aliphatic hydroxyl groups is 1. The normalized spacial score (nSPS) is 13.0. The first-order chi connectivity index (χ1) is 11.5. The molecule has 2 amide bonds. The van der Waals surface area contributed by atoms with Crippen molar-refractivity contribution in [1.82, 2.24) is 5.32 Å². The Balaban J connectivity index is 1.98. The maximum atomic E-state index is 12.2. The molecule has 0 aliphatic heterocycles. The number of hydrogen-bond donors (Lipinski definition) is 3. The predicted octanol–water partition coefficient (Wildman–Crippen LogP) is 2.69. The third kappa shape index (κ3) is 4.67. The molecule has 3 N–H and O–H groups in total. The molecule has 0 radical (unpaired) electrons. The average molecular weight is 326 g/mol. The maximum Gasteiger partial charge on any atom is 0.255 e. The van der Waals surface area contributed by atoms with E-state index in [-0.39, 0.29) is 30.4 Å². The molecule has 126 valence electrons. The van der Waals surface area contributed by atoms with Crippen molar-refractivity contribution >= 4 is 17.5 Å². The number of carbonyl (C=O) groups excluding carboxylic acids is 2. The molecule has 0 spiro atoms. The van der Waals surface area contributed by atoms with E-state index in [1.165, 1.54) is 0 Å². The van der Waals surface area contributed by atoms with Crippen LogP contribution in [0.3, 0.4) is 0 Å². The van der Waals surface area contributed by atoms with E-state index in [9.17, 15) is 9.59 Å². The van der Waals surface area contributed by atoms with E-state index in [0.29, 0.717) is 16.8 Å². The zero-order chi connectivity index (χ0) is 17.5. The number of aliphatic hydroxyl groups excluding tert-OH is 1. The summed E-state index contributed by atoms with van der Waals surface area (Å²) >= 11 is 0. The Bertz CT molecular complexity index is 684. The van der Waals surface area contributed by atoms with Crippen molar-refractivity contribution < 1.29 is 14.7 Å². The summed E-state index contributed by atoms with van der Waals surface area (Å²) in [6.07, 6.45) is 0. The number of anilines is 1. The molecule has 0 saturated carbocycles. The smallest absolute Gasteiger partial charge is 0.255 e. The Morgan fingerprint density at radius 1 is 0.917 bits per heavy atom. The summed E-state index contributed by atoms with van der Waals surface area (Å²) in [6.45, 7) is 3.74. The van der Waals surface area contributed by atoms with Crippen LogP contribution in [0, 0.1) is 5.92 Å². The van der Waals surface area contributed by atoms with Crippen molar-refractivity contribution in [3.05, 3.63) is 65.7 Å². The summed E-state index contributed by atoms with van der Waals surface area (Å²) in [5, 5.41) is 14.7. The van der Waals surface area contributed by atoms with Crippen LogP contribution in [0.4, 0.5) is 5.69 Å². The lowest BCUT2D eigenvalue weighted by Gasteiger charge is -2.19. The van der Waals surface area contributed by atoms with Gasteiger partial charge < -0.3 is 15.7 Å². The van der Waals surface area contributed by atoms with Crippen LogP contribution >= 0.6 is 0 Å². The number of rotatable bonds is 6. The van der Waals surface area contributed by atoms with Crippen LogP contribution in [0.15, 0.2) is 54.6 Å². The van der Waals surface area contributed by atoms with Gasteiger partial charge in [-0.2, -0.15) is 0 Å². The van der Waals surface area contributed by atoms with Crippen LogP contribution in [-0.2, 0) is 0 Å².